The van der Waals surface area contributed by atoms with E-state index < -0.39 is 0 Å². The Morgan fingerprint density at radius 2 is 1.47 bits per heavy atom. The molecule has 0 radical (unpaired) electrons. The number of halogens is 1. The molecule has 3 fully saturated rings. The molecule has 1 amide bonds. The lowest BCUT2D eigenvalue weighted by atomic mass is 9.67. The molecular formula is C31H41IN2O2. The fourth-order valence-electron chi connectivity index (χ4n) is 7.75. The van der Waals surface area contributed by atoms with Crippen LogP contribution in [-0.4, -0.2) is 43.1 Å². The number of para-hydroxylation sites is 2. The zero-order valence-corrected chi connectivity index (χ0v) is 23.8. The SMILES string of the molecule is C[N+]1(CC2CCC3CCCCC3C2)CCC(NC(=O)C2c3ccccc3Oc3ccccc32)CC1.[I-]. The summed E-state index contributed by atoms with van der Waals surface area (Å²) in [5.74, 6) is 4.36. The molecule has 5 heteroatoms. The summed E-state index contributed by atoms with van der Waals surface area (Å²) in [6, 6.07) is 16.2. The molecule has 4 nitrogen and oxygen atoms in total. The molecule has 2 saturated carbocycles. The zero-order valence-electron chi connectivity index (χ0n) is 21.6. The van der Waals surface area contributed by atoms with E-state index in [1.54, 1.807) is 0 Å². The summed E-state index contributed by atoms with van der Waals surface area (Å²) >= 11 is 0. The van der Waals surface area contributed by atoms with E-state index in [4.69, 9.17) is 4.74 Å². The number of carbonyl (C=O) groups excluding carboxylic acids is 1. The molecule has 6 rings (SSSR count). The Kier molecular flexibility index (Phi) is 7.97. The number of piperidine rings is 1. The minimum Gasteiger partial charge on any atom is -1.00 e. The van der Waals surface area contributed by atoms with Crippen molar-refractivity contribution in [1.29, 1.82) is 0 Å². The molecule has 1 saturated heterocycles. The maximum atomic E-state index is 13.6. The van der Waals surface area contributed by atoms with Gasteiger partial charge in [0.05, 0.1) is 32.6 Å². The molecule has 4 aliphatic rings. The number of hydrogen-bond acceptors (Lipinski definition) is 2. The van der Waals surface area contributed by atoms with E-state index in [-0.39, 0.29) is 41.8 Å². The molecule has 3 atom stereocenters. The lowest BCUT2D eigenvalue weighted by molar-refractivity contribution is -0.917. The summed E-state index contributed by atoms with van der Waals surface area (Å²) in [5, 5.41) is 3.44. The van der Waals surface area contributed by atoms with Gasteiger partial charge in [-0.1, -0.05) is 62.1 Å². The highest BCUT2D eigenvalue weighted by molar-refractivity contribution is 5.89. The smallest absolute Gasteiger partial charge is 0.232 e. The highest BCUT2D eigenvalue weighted by atomic mass is 127. The molecule has 0 bridgehead atoms. The number of ether oxygens (including phenoxy) is 1. The summed E-state index contributed by atoms with van der Waals surface area (Å²) < 4.78 is 7.29. The van der Waals surface area contributed by atoms with Gasteiger partial charge in [-0.25, -0.2) is 0 Å². The summed E-state index contributed by atoms with van der Waals surface area (Å²) in [6.45, 7) is 3.69. The second-order valence-corrected chi connectivity index (χ2v) is 12.1. The van der Waals surface area contributed by atoms with Crippen LogP contribution in [0.15, 0.2) is 48.5 Å². The van der Waals surface area contributed by atoms with Gasteiger partial charge in [-0.3, -0.25) is 4.79 Å². The molecule has 2 aliphatic carbocycles. The molecule has 1 N–H and O–H groups in total. The lowest BCUT2D eigenvalue weighted by Gasteiger charge is -2.46. The number of benzene rings is 2. The quantitative estimate of drug-likeness (QED) is 0.433. The third-order valence-corrected chi connectivity index (χ3v) is 9.67. The first-order chi connectivity index (χ1) is 17.1. The molecule has 194 valence electrons. The molecule has 2 aliphatic heterocycles. The summed E-state index contributed by atoms with van der Waals surface area (Å²) in [4.78, 5) is 13.6. The van der Waals surface area contributed by atoms with Crippen molar-refractivity contribution in [1.82, 2.24) is 5.32 Å². The van der Waals surface area contributed by atoms with E-state index in [0.29, 0.717) is 0 Å². The van der Waals surface area contributed by atoms with Crippen molar-refractivity contribution in [2.24, 2.45) is 17.8 Å². The Morgan fingerprint density at radius 1 is 0.861 bits per heavy atom. The predicted molar refractivity (Wildman–Crippen MR) is 140 cm³/mol. The second-order valence-electron chi connectivity index (χ2n) is 12.1. The van der Waals surface area contributed by atoms with Gasteiger partial charge in [0.25, 0.3) is 0 Å². The highest BCUT2D eigenvalue weighted by Crippen LogP contribution is 2.45. The van der Waals surface area contributed by atoms with E-state index in [1.165, 1.54) is 69.1 Å². The van der Waals surface area contributed by atoms with Crippen molar-refractivity contribution in [3.63, 3.8) is 0 Å². The predicted octanol–water partition coefficient (Wildman–Crippen LogP) is 3.26. The first kappa shape index (κ1) is 26.0. The van der Waals surface area contributed by atoms with Crippen LogP contribution in [-0.2, 0) is 4.79 Å². The molecule has 2 aromatic rings. The van der Waals surface area contributed by atoms with E-state index in [2.05, 4.69) is 12.4 Å². The monoisotopic (exact) mass is 600 g/mol. The van der Waals surface area contributed by atoms with Crippen LogP contribution in [0.5, 0.6) is 11.5 Å². The van der Waals surface area contributed by atoms with Gasteiger partial charge in [-0.2, -0.15) is 0 Å². The Hall–Kier alpha value is -1.60. The number of fused-ring (bicyclic) bond motifs is 3. The van der Waals surface area contributed by atoms with Gasteiger partial charge in [-0.05, 0) is 43.2 Å². The van der Waals surface area contributed by atoms with Crippen LogP contribution >= 0.6 is 0 Å². The Labute approximate surface area is 233 Å². The largest absolute Gasteiger partial charge is 1.00 e. The van der Waals surface area contributed by atoms with E-state index in [9.17, 15) is 4.79 Å². The zero-order chi connectivity index (χ0) is 23.8. The summed E-state index contributed by atoms with van der Waals surface area (Å²) in [7, 11) is 2.47. The maximum Gasteiger partial charge on any atom is 0.232 e. The van der Waals surface area contributed by atoms with Crippen molar-refractivity contribution in [3.8, 4) is 11.5 Å². The molecule has 2 heterocycles. The Morgan fingerprint density at radius 3 is 2.14 bits per heavy atom. The molecule has 36 heavy (non-hydrogen) atoms. The van der Waals surface area contributed by atoms with Crippen LogP contribution in [0.2, 0.25) is 0 Å². The van der Waals surface area contributed by atoms with Crippen molar-refractivity contribution in [3.05, 3.63) is 59.7 Å². The molecule has 0 spiro atoms. The highest BCUT2D eigenvalue weighted by Gasteiger charge is 2.39. The fourth-order valence-corrected chi connectivity index (χ4v) is 7.75. The first-order valence-electron chi connectivity index (χ1n) is 14.1. The van der Waals surface area contributed by atoms with Crippen LogP contribution in [0.1, 0.15) is 74.8 Å². The number of likely N-dealkylation sites (tertiary alicyclic amines) is 1. The van der Waals surface area contributed by atoms with Gasteiger partial charge >= 0.3 is 0 Å². The van der Waals surface area contributed by atoms with Crippen LogP contribution in [0.4, 0.5) is 0 Å². The third kappa shape index (κ3) is 5.33. The Balaban J connectivity index is 0.00000267. The number of rotatable bonds is 4. The molecule has 2 aromatic carbocycles. The van der Waals surface area contributed by atoms with Gasteiger partial charge in [0.15, 0.2) is 0 Å². The molecule has 3 unspecified atom stereocenters. The van der Waals surface area contributed by atoms with Gasteiger partial charge in [-0.15, -0.1) is 0 Å². The van der Waals surface area contributed by atoms with E-state index in [1.807, 2.05) is 48.5 Å². The molecular weight excluding hydrogens is 559 g/mol. The normalized spacial score (nSPS) is 31.6. The van der Waals surface area contributed by atoms with Crippen LogP contribution < -0.4 is 34.0 Å². The van der Waals surface area contributed by atoms with Crippen molar-refractivity contribution in [2.45, 2.75) is 69.7 Å². The second kappa shape index (κ2) is 11.0. The van der Waals surface area contributed by atoms with Gasteiger partial charge in [0.2, 0.25) is 5.91 Å². The van der Waals surface area contributed by atoms with Crippen molar-refractivity contribution >= 4 is 5.91 Å². The van der Waals surface area contributed by atoms with Gasteiger partial charge in [0.1, 0.15) is 11.5 Å². The number of amides is 1. The number of nitrogens with zero attached hydrogens (tertiary/aromatic N) is 1. The summed E-state index contributed by atoms with van der Waals surface area (Å²) in [5.41, 5.74) is 1.94. The number of hydrogen-bond donors (Lipinski definition) is 1. The fraction of sp³-hybridized carbons (Fsp3) is 0.581. The minimum absolute atomic E-state index is 0. The van der Waals surface area contributed by atoms with Crippen molar-refractivity contribution in [2.75, 3.05) is 26.7 Å². The average Bonchev–Trinajstić information content (AvgIpc) is 2.88. The first-order valence-corrected chi connectivity index (χ1v) is 14.1. The third-order valence-electron chi connectivity index (χ3n) is 9.67. The van der Waals surface area contributed by atoms with Crippen LogP contribution in [0.3, 0.4) is 0 Å². The number of quaternary nitrogens is 1. The molecule has 0 aromatic heterocycles. The van der Waals surface area contributed by atoms with Crippen LogP contribution in [0.25, 0.3) is 0 Å². The standard InChI is InChI=1S/C31H40N2O2.HI/c1-33(21-22-14-15-23-8-2-3-9-24(23)20-22)18-16-25(17-19-33)32-31(34)30-26-10-4-6-12-28(26)35-29-13-7-5-11-27(29)30;/h4-7,10-13,22-25,30H,2-3,8-9,14-21H2,1H3;1H. The minimum atomic E-state index is -0.301. The van der Waals surface area contributed by atoms with Crippen LogP contribution in [0, 0.1) is 17.8 Å². The summed E-state index contributed by atoms with van der Waals surface area (Å²) in [6.07, 6.45) is 12.5. The Bertz CT molecular complexity index is 1020. The lowest BCUT2D eigenvalue weighted by Crippen LogP contribution is -3.00. The average molecular weight is 601 g/mol. The number of nitrogens with one attached hydrogen (secondary N) is 1. The van der Waals surface area contributed by atoms with Gasteiger partial charge in [0, 0.05) is 35.9 Å². The van der Waals surface area contributed by atoms with E-state index >= 15 is 0 Å². The topological polar surface area (TPSA) is 38.3 Å². The van der Waals surface area contributed by atoms with E-state index in [0.717, 1.165) is 53.2 Å². The maximum absolute atomic E-state index is 13.6. The van der Waals surface area contributed by atoms with Gasteiger partial charge < -0.3 is 38.5 Å². The van der Waals surface area contributed by atoms with Crippen molar-refractivity contribution < 1.29 is 38.0 Å². The number of carbonyl (C=O) groups is 1.